The van der Waals surface area contributed by atoms with E-state index in [1.165, 1.54) is 12.1 Å². The monoisotopic (exact) mass is 468 g/mol. The van der Waals surface area contributed by atoms with Crippen LogP contribution in [0.15, 0.2) is 54.2 Å². The van der Waals surface area contributed by atoms with Crippen molar-refractivity contribution < 1.29 is 31.1 Å². The molecule has 174 valence electrons. The number of carbonyl (C=O) groups is 1. The zero-order valence-electron chi connectivity index (χ0n) is 18.7. The predicted molar refractivity (Wildman–Crippen MR) is 120 cm³/mol. The number of allylic oxidation sites excluding steroid dienone is 6. The predicted octanol–water partition coefficient (Wildman–Crippen LogP) is 6.11. The van der Waals surface area contributed by atoms with Gasteiger partial charge in [-0.25, -0.2) is 13.2 Å². The van der Waals surface area contributed by atoms with E-state index >= 15 is 0 Å². The van der Waals surface area contributed by atoms with Crippen molar-refractivity contribution in [3.8, 4) is 0 Å². The minimum absolute atomic E-state index is 0.0752. The highest BCUT2D eigenvalue weighted by molar-refractivity contribution is 8.01. The molecule has 0 radical (unpaired) electrons. The van der Waals surface area contributed by atoms with Crippen LogP contribution in [0.4, 0.5) is 13.2 Å². The third-order valence-corrected chi connectivity index (χ3v) is 6.77. The van der Waals surface area contributed by atoms with Crippen LogP contribution in [0.3, 0.4) is 0 Å². The van der Waals surface area contributed by atoms with Crippen molar-refractivity contribution in [1.82, 2.24) is 0 Å². The number of fused-ring (bicyclic) bond motifs is 1. The molecule has 0 bridgehead atoms. The molecule has 0 heterocycles. The molecular weight excluding hydrogens is 441 g/mol. The summed E-state index contributed by atoms with van der Waals surface area (Å²) in [6.07, 6.45) is 7.84. The van der Waals surface area contributed by atoms with Crippen LogP contribution in [0, 0.1) is 0 Å². The molecule has 32 heavy (non-hydrogen) atoms. The molecule has 0 fully saturated rings. The third-order valence-electron chi connectivity index (χ3n) is 5.20. The van der Waals surface area contributed by atoms with E-state index in [0.29, 0.717) is 16.7 Å². The molecule has 0 saturated heterocycles. The Labute approximate surface area is 187 Å². The van der Waals surface area contributed by atoms with E-state index in [2.05, 4.69) is 0 Å². The van der Waals surface area contributed by atoms with E-state index in [1.54, 1.807) is 51.1 Å². The van der Waals surface area contributed by atoms with Crippen molar-refractivity contribution in [3.63, 3.8) is 0 Å². The standard InChI is InChI=1S/C24H27F3O4S/c1-6-31-22(28)14-16(2)8-7-9-17(3)18-10-11-20-19(15-18)21(12-13-23(20,4)5)32(29,30)24(25,26)27/h7-12,14-15H,6,13H2,1-5H3/b8-7+,16-14-,17-9+. The van der Waals surface area contributed by atoms with Gasteiger partial charge in [0, 0.05) is 6.08 Å². The lowest BCUT2D eigenvalue weighted by molar-refractivity contribution is -0.137. The fourth-order valence-corrected chi connectivity index (χ4v) is 4.40. The number of alkyl halides is 3. The van der Waals surface area contributed by atoms with Crippen molar-refractivity contribution >= 4 is 26.3 Å². The molecule has 1 aromatic carbocycles. The Hall–Kier alpha value is -2.61. The summed E-state index contributed by atoms with van der Waals surface area (Å²) in [5, 5.41) is 0. The number of ether oxygens (including phenoxy) is 1. The van der Waals surface area contributed by atoms with Crippen molar-refractivity contribution in [2.45, 2.75) is 52.0 Å². The Morgan fingerprint density at radius 3 is 2.47 bits per heavy atom. The largest absolute Gasteiger partial charge is 0.501 e. The van der Waals surface area contributed by atoms with Gasteiger partial charge in [0.25, 0.3) is 9.84 Å². The van der Waals surface area contributed by atoms with E-state index < -0.39 is 31.6 Å². The summed E-state index contributed by atoms with van der Waals surface area (Å²) in [7, 11) is -5.47. The molecule has 0 aromatic heterocycles. The van der Waals surface area contributed by atoms with Crippen molar-refractivity contribution in [1.29, 1.82) is 0 Å². The Bertz CT molecular complexity index is 1120. The maximum Gasteiger partial charge on any atom is 0.501 e. The quantitative estimate of drug-likeness (QED) is 0.287. The maximum absolute atomic E-state index is 13.3. The summed E-state index contributed by atoms with van der Waals surface area (Å²) in [5.41, 5.74) is -3.24. The first-order valence-electron chi connectivity index (χ1n) is 10.1. The van der Waals surface area contributed by atoms with Crippen molar-refractivity contribution in [2.24, 2.45) is 0 Å². The van der Waals surface area contributed by atoms with Crippen molar-refractivity contribution in [2.75, 3.05) is 6.61 Å². The van der Waals surface area contributed by atoms with Gasteiger partial charge in [-0.05, 0) is 66.5 Å². The number of halogens is 3. The lowest BCUT2D eigenvalue weighted by Crippen LogP contribution is -2.29. The van der Waals surface area contributed by atoms with Gasteiger partial charge < -0.3 is 4.74 Å². The highest BCUT2D eigenvalue weighted by Gasteiger charge is 2.50. The Morgan fingerprint density at radius 1 is 1.22 bits per heavy atom. The molecule has 0 unspecified atom stereocenters. The van der Waals surface area contributed by atoms with Crippen LogP contribution in [0.5, 0.6) is 0 Å². The smallest absolute Gasteiger partial charge is 0.463 e. The SMILES string of the molecule is CCOC(=O)\C=C(C)/C=C/C=C(\C)c1ccc2c(c1)C(S(=O)(=O)C(F)(F)F)=CCC2(C)C. The average molecular weight is 469 g/mol. The molecule has 0 amide bonds. The average Bonchev–Trinajstić information content (AvgIpc) is 2.66. The number of benzene rings is 1. The van der Waals surface area contributed by atoms with E-state index in [4.69, 9.17) is 4.74 Å². The molecule has 1 aromatic rings. The van der Waals surface area contributed by atoms with Gasteiger partial charge >= 0.3 is 11.5 Å². The Morgan fingerprint density at radius 2 is 1.88 bits per heavy atom. The highest BCUT2D eigenvalue weighted by Crippen LogP contribution is 2.45. The number of hydrogen-bond acceptors (Lipinski definition) is 4. The Kier molecular flexibility index (Phi) is 7.60. The van der Waals surface area contributed by atoms with Gasteiger partial charge in [-0.3, -0.25) is 0 Å². The molecule has 1 aliphatic carbocycles. The summed E-state index contributed by atoms with van der Waals surface area (Å²) in [6.45, 7) is 9.22. The first-order chi connectivity index (χ1) is 14.7. The summed E-state index contributed by atoms with van der Waals surface area (Å²) >= 11 is 0. The van der Waals surface area contributed by atoms with Crippen LogP contribution < -0.4 is 0 Å². The normalized spacial score (nSPS) is 17.2. The van der Waals surface area contributed by atoms with Gasteiger partial charge in [0.05, 0.1) is 11.5 Å². The topological polar surface area (TPSA) is 60.4 Å². The van der Waals surface area contributed by atoms with Crippen LogP contribution in [0.2, 0.25) is 0 Å². The van der Waals surface area contributed by atoms with E-state index in [1.807, 2.05) is 13.8 Å². The van der Waals surface area contributed by atoms with Crippen LogP contribution in [0.1, 0.15) is 57.7 Å². The van der Waals surface area contributed by atoms with E-state index in [-0.39, 0.29) is 18.6 Å². The minimum atomic E-state index is -5.47. The molecular formula is C24H27F3O4S. The zero-order valence-corrected chi connectivity index (χ0v) is 19.5. The van der Waals surface area contributed by atoms with Crippen LogP contribution in [-0.4, -0.2) is 26.5 Å². The summed E-state index contributed by atoms with van der Waals surface area (Å²) < 4.78 is 69.0. The number of rotatable bonds is 6. The molecule has 2 rings (SSSR count). The van der Waals surface area contributed by atoms with Gasteiger partial charge in [-0.15, -0.1) is 0 Å². The van der Waals surface area contributed by atoms with Gasteiger partial charge in [0.2, 0.25) is 0 Å². The van der Waals surface area contributed by atoms with Gasteiger partial charge in [-0.1, -0.05) is 50.3 Å². The molecule has 0 saturated carbocycles. The fourth-order valence-electron chi connectivity index (χ4n) is 3.39. The first kappa shape index (κ1) is 25.6. The number of carbonyl (C=O) groups excluding carboxylic acids is 1. The van der Waals surface area contributed by atoms with E-state index in [9.17, 15) is 26.4 Å². The maximum atomic E-state index is 13.3. The second-order valence-corrected chi connectivity index (χ2v) is 10.1. The van der Waals surface area contributed by atoms with E-state index in [0.717, 1.165) is 11.6 Å². The number of sulfone groups is 1. The summed E-state index contributed by atoms with van der Waals surface area (Å²) in [4.78, 5) is 10.8. The first-order valence-corrected chi connectivity index (χ1v) is 11.6. The second kappa shape index (κ2) is 9.48. The molecule has 0 atom stereocenters. The van der Waals surface area contributed by atoms with Crippen LogP contribution in [0.25, 0.3) is 10.5 Å². The van der Waals surface area contributed by atoms with Crippen molar-refractivity contribution in [3.05, 3.63) is 70.8 Å². The van der Waals surface area contributed by atoms with Crippen LogP contribution in [-0.2, 0) is 24.8 Å². The molecule has 0 spiro atoms. The lowest BCUT2D eigenvalue weighted by Gasteiger charge is -2.32. The van der Waals surface area contributed by atoms with Gasteiger partial charge in [-0.2, -0.15) is 13.2 Å². The second-order valence-electron chi connectivity index (χ2n) is 8.22. The lowest BCUT2D eigenvalue weighted by atomic mass is 9.75. The Balaban J connectivity index is 2.45. The molecule has 0 aliphatic heterocycles. The minimum Gasteiger partial charge on any atom is -0.463 e. The number of esters is 1. The highest BCUT2D eigenvalue weighted by atomic mass is 32.2. The van der Waals surface area contributed by atoms with Gasteiger partial charge in [0.15, 0.2) is 0 Å². The molecule has 0 N–H and O–H groups in total. The summed E-state index contributed by atoms with van der Waals surface area (Å²) in [6, 6.07) is 4.95. The summed E-state index contributed by atoms with van der Waals surface area (Å²) in [5.74, 6) is -0.446. The van der Waals surface area contributed by atoms with Gasteiger partial charge in [0.1, 0.15) is 0 Å². The third kappa shape index (κ3) is 5.59. The zero-order chi connectivity index (χ0) is 24.3. The fraction of sp³-hybridized carbons (Fsp3) is 0.375. The van der Waals surface area contributed by atoms with Crippen LogP contribution >= 0.6 is 0 Å². The molecule has 1 aliphatic rings. The molecule has 4 nitrogen and oxygen atoms in total. The number of hydrogen-bond donors (Lipinski definition) is 0. The molecule has 8 heteroatoms.